The number of hydrogen-bond acceptors (Lipinski definition) is 3. The van der Waals surface area contributed by atoms with Crippen molar-refractivity contribution < 1.29 is 9.53 Å². The van der Waals surface area contributed by atoms with Crippen LogP contribution >= 0.6 is 11.6 Å². The van der Waals surface area contributed by atoms with Crippen molar-refractivity contribution in [3.05, 3.63) is 70.8 Å². The Bertz CT molecular complexity index is 799. The molecule has 5 heteroatoms. The molecule has 0 spiro atoms. The van der Waals surface area contributed by atoms with Crippen LogP contribution in [-0.2, 0) is 4.79 Å². The molecule has 4 nitrogen and oxygen atoms in total. The van der Waals surface area contributed by atoms with Gasteiger partial charge in [-0.05, 0) is 67.4 Å². The molecule has 1 amide bonds. The van der Waals surface area contributed by atoms with Gasteiger partial charge in [0.15, 0.2) is 0 Å². The highest BCUT2D eigenvalue weighted by Gasteiger charge is 2.22. The molecule has 1 aliphatic rings. The zero-order chi connectivity index (χ0) is 19.8. The molecule has 1 N–H and O–H groups in total. The van der Waals surface area contributed by atoms with E-state index in [0.29, 0.717) is 11.6 Å². The third kappa shape index (κ3) is 5.85. The number of methoxy groups -OCH3 is 1. The normalized spacial score (nSPS) is 16.1. The van der Waals surface area contributed by atoms with E-state index in [4.69, 9.17) is 16.3 Å². The summed E-state index contributed by atoms with van der Waals surface area (Å²) in [6, 6.07) is 15.7. The zero-order valence-corrected chi connectivity index (χ0v) is 17.0. The SMILES string of the molecule is COc1ccc([C@@H](CNC(=O)/C=C/c2cccc(Cl)c2)N2CCCCC2)cc1. The first-order valence-electron chi connectivity index (χ1n) is 9.75. The van der Waals surface area contributed by atoms with Crippen molar-refractivity contribution in [3.63, 3.8) is 0 Å². The second-order valence-electron chi connectivity index (χ2n) is 7.02. The van der Waals surface area contributed by atoms with E-state index in [1.807, 2.05) is 36.4 Å². The van der Waals surface area contributed by atoms with Crippen molar-refractivity contribution in [2.75, 3.05) is 26.7 Å². The van der Waals surface area contributed by atoms with Crippen LogP contribution in [0.15, 0.2) is 54.6 Å². The zero-order valence-electron chi connectivity index (χ0n) is 16.2. The molecule has 1 aliphatic heterocycles. The predicted molar refractivity (Wildman–Crippen MR) is 115 cm³/mol. The molecular formula is C23H27ClN2O2. The van der Waals surface area contributed by atoms with Gasteiger partial charge in [-0.1, -0.05) is 42.3 Å². The summed E-state index contributed by atoms with van der Waals surface area (Å²) >= 11 is 5.99. The van der Waals surface area contributed by atoms with Gasteiger partial charge in [-0.25, -0.2) is 0 Å². The van der Waals surface area contributed by atoms with Gasteiger partial charge in [0.1, 0.15) is 5.75 Å². The van der Waals surface area contributed by atoms with Gasteiger partial charge >= 0.3 is 0 Å². The first-order valence-corrected chi connectivity index (χ1v) is 10.1. The van der Waals surface area contributed by atoms with E-state index >= 15 is 0 Å². The summed E-state index contributed by atoms with van der Waals surface area (Å²) in [6.45, 7) is 2.70. The summed E-state index contributed by atoms with van der Waals surface area (Å²) in [4.78, 5) is 14.8. The molecule has 2 aromatic rings. The number of carbonyl (C=O) groups is 1. The van der Waals surface area contributed by atoms with Gasteiger partial charge in [-0.2, -0.15) is 0 Å². The predicted octanol–water partition coefficient (Wildman–Crippen LogP) is 4.71. The molecule has 0 radical (unpaired) electrons. The standard InChI is InChI=1S/C23H27ClN2O2/c1-28-21-11-9-19(10-12-21)22(26-14-3-2-4-15-26)17-25-23(27)13-8-18-6-5-7-20(24)16-18/h5-13,16,22H,2-4,14-15,17H2,1H3,(H,25,27)/b13-8+/t22-/m1/s1. The van der Waals surface area contributed by atoms with E-state index in [1.165, 1.54) is 24.8 Å². The van der Waals surface area contributed by atoms with Crippen molar-refractivity contribution in [2.45, 2.75) is 25.3 Å². The highest BCUT2D eigenvalue weighted by molar-refractivity contribution is 6.30. The quantitative estimate of drug-likeness (QED) is 0.687. The van der Waals surface area contributed by atoms with Crippen LogP contribution in [0.3, 0.4) is 0 Å². The third-order valence-corrected chi connectivity index (χ3v) is 5.31. The molecule has 1 fully saturated rings. The van der Waals surface area contributed by atoms with Gasteiger partial charge in [0.05, 0.1) is 13.2 Å². The number of benzene rings is 2. The number of hydrogen-bond donors (Lipinski definition) is 1. The minimum Gasteiger partial charge on any atom is -0.497 e. The molecule has 2 aromatic carbocycles. The van der Waals surface area contributed by atoms with Crippen molar-refractivity contribution >= 4 is 23.6 Å². The van der Waals surface area contributed by atoms with Crippen LogP contribution in [0.2, 0.25) is 5.02 Å². The summed E-state index contributed by atoms with van der Waals surface area (Å²) in [5.74, 6) is 0.741. The van der Waals surface area contributed by atoms with Gasteiger partial charge in [0.2, 0.25) is 5.91 Å². The number of ether oxygens (including phenoxy) is 1. The number of nitrogens with zero attached hydrogens (tertiary/aromatic N) is 1. The van der Waals surface area contributed by atoms with Crippen LogP contribution in [0.25, 0.3) is 6.08 Å². The van der Waals surface area contributed by atoms with Crippen LogP contribution in [0, 0.1) is 0 Å². The van der Waals surface area contributed by atoms with Gasteiger partial charge in [-0.3, -0.25) is 9.69 Å². The van der Waals surface area contributed by atoms with Gasteiger partial charge < -0.3 is 10.1 Å². The largest absolute Gasteiger partial charge is 0.497 e. The minimum atomic E-state index is -0.101. The summed E-state index contributed by atoms with van der Waals surface area (Å²) in [5, 5.41) is 3.72. The molecular weight excluding hydrogens is 372 g/mol. The fourth-order valence-corrected chi connectivity index (χ4v) is 3.75. The molecule has 0 unspecified atom stereocenters. The molecule has 1 saturated heterocycles. The Morgan fingerprint density at radius 1 is 1.18 bits per heavy atom. The number of likely N-dealkylation sites (tertiary alicyclic amines) is 1. The lowest BCUT2D eigenvalue weighted by atomic mass is 10.0. The molecule has 28 heavy (non-hydrogen) atoms. The summed E-state index contributed by atoms with van der Waals surface area (Å²) in [5.41, 5.74) is 2.10. The summed E-state index contributed by atoms with van der Waals surface area (Å²) < 4.78 is 5.27. The van der Waals surface area contributed by atoms with E-state index in [1.54, 1.807) is 19.3 Å². The van der Waals surface area contributed by atoms with Crippen molar-refractivity contribution in [3.8, 4) is 5.75 Å². The Morgan fingerprint density at radius 2 is 1.93 bits per heavy atom. The van der Waals surface area contributed by atoms with Crippen molar-refractivity contribution in [1.29, 1.82) is 0 Å². The summed E-state index contributed by atoms with van der Waals surface area (Å²) in [7, 11) is 1.67. The Morgan fingerprint density at radius 3 is 2.61 bits per heavy atom. The molecule has 1 atom stereocenters. The Balaban J connectivity index is 1.65. The van der Waals surface area contributed by atoms with E-state index in [0.717, 1.165) is 24.4 Å². The monoisotopic (exact) mass is 398 g/mol. The average molecular weight is 399 g/mol. The van der Waals surface area contributed by atoms with E-state index < -0.39 is 0 Å². The van der Waals surface area contributed by atoms with E-state index in [2.05, 4.69) is 22.3 Å². The second-order valence-corrected chi connectivity index (χ2v) is 7.46. The fraction of sp³-hybridized carbons (Fsp3) is 0.348. The molecule has 0 aromatic heterocycles. The van der Waals surface area contributed by atoms with Crippen molar-refractivity contribution in [2.24, 2.45) is 0 Å². The number of carbonyl (C=O) groups excluding carboxylic acids is 1. The lowest BCUT2D eigenvalue weighted by molar-refractivity contribution is -0.116. The third-order valence-electron chi connectivity index (χ3n) is 5.08. The van der Waals surface area contributed by atoms with Gasteiger partial charge in [-0.15, -0.1) is 0 Å². The lowest BCUT2D eigenvalue weighted by Gasteiger charge is -2.35. The Labute approximate surface area is 172 Å². The molecule has 1 heterocycles. The van der Waals surface area contributed by atoms with E-state index in [-0.39, 0.29) is 11.9 Å². The molecule has 0 bridgehead atoms. The van der Waals surface area contributed by atoms with Crippen molar-refractivity contribution in [1.82, 2.24) is 10.2 Å². The minimum absolute atomic E-state index is 0.101. The molecule has 148 valence electrons. The lowest BCUT2D eigenvalue weighted by Crippen LogP contribution is -2.40. The first-order chi connectivity index (χ1) is 13.7. The van der Waals surface area contributed by atoms with Crippen LogP contribution in [-0.4, -0.2) is 37.6 Å². The Kier molecular flexibility index (Phi) is 7.52. The Hall–Kier alpha value is -2.30. The smallest absolute Gasteiger partial charge is 0.244 e. The van der Waals surface area contributed by atoms with Crippen LogP contribution in [0.1, 0.15) is 36.4 Å². The molecule has 0 saturated carbocycles. The number of piperidine rings is 1. The number of nitrogens with one attached hydrogen (secondary N) is 1. The number of rotatable bonds is 7. The second kappa shape index (κ2) is 10.3. The highest BCUT2D eigenvalue weighted by atomic mass is 35.5. The van der Waals surface area contributed by atoms with Gasteiger partial charge in [0.25, 0.3) is 0 Å². The first kappa shape index (κ1) is 20.4. The maximum Gasteiger partial charge on any atom is 0.244 e. The highest BCUT2D eigenvalue weighted by Crippen LogP contribution is 2.26. The number of amides is 1. The van der Waals surface area contributed by atoms with Crippen LogP contribution in [0.5, 0.6) is 5.75 Å². The maximum absolute atomic E-state index is 12.4. The number of halogens is 1. The van der Waals surface area contributed by atoms with Gasteiger partial charge in [0, 0.05) is 17.6 Å². The topological polar surface area (TPSA) is 41.6 Å². The van der Waals surface area contributed by atoms with Crippen LogP contribution in [0.4, 0.5) is 0 Å². The van der Waals surface area contributed by atoms with E-state index in [9.17, 15) is 4.79 Å². The summed E-state index contributed by atoms with van der Waals surface area (Å²) in [6.07, 6.45) is 7.03. The molecule has 0 aliphatic carbocycles. The fourth-order valence-electron chi connectivity index (χ4n) is 3.55. The average Bonchev–Trinajstić information content (AvgIpc) is 2.74. The maximum atomic E-state index is 12.4. The van der Waals surface area contributed by atoms with Crippen LogP contribution < -0.4 is 10.1 Å². The molecule has 3 rings (SSSR count).